The van der Waals surface area contributed by atoms with Crippen molar-refractivity contribution in [1.29, 1.82) is 0 Å². The van der Waals surface area contributed by atoms with Gasteiger partial charge in [0.05, 0.1) is 15.2 Å². The third-order valence-electron chi connectivity index (χ3n) is 2.94. The Morgan fingerprint density at radius 1 is 1.44 bits per heavy atom. The van der Waals surface area contributed by atoms with Crippen molar-refractivity contribution in [2.75, 3.05) is 6.54 Å². The van der Waals surface area contributed by atoms with Gasteiger partial charge in [-0.05, 0) is 37.5 Å². The molecule has 1 aromatic carbocycles. The number of aryl methyl sites for hydroxylation is 1. The molecule has 1 aliphatic rings. The normalized spacial score (nSPS) is 15.8. The topological polar surface area (TPSA) is 24.9 Å². The molecule has 0 aliphatic heterocycles. The molecule has 1 aliphatic carbocycles. The van der Waals surface area contributed by atoms with Crippen LogP contribution in [0.5, 0.6) is 0 Å². The minimum atomic E-state index is 0.802. The van der Waals surface area contributed by atoms with Gasteiger partial charge in [0.25, 0.3) is 0 Å². The fourth-order valence-electron chi connectivity index (χ4n) is 1.86. The molecule has 84 valence electrons. The molecule has 0 saturated heterocycles. The second-order valence-electron chi connectivity index (χ2n) is 4.56. The zero-order chi connectivity index (χ0) is 11.0. The Labute approximate surface area is 99.7 Å². The van der Waals surface area contributed by atoms with E-state index in [-0.39, 0.29) is 0 Å². The van der Waals surface area contributed by atoms with Gasteiger partial charge < -0.3 is 5.32 Å². The summed E-state index contributed by atoms with van der Waals surface area (Å²) >= 11 is 1.83. The summed E-state index contributed by atoms with van der Waals surface area (Å²) < 4.78 is 1.32. The number of nitrogens with one attached hydrogen (secondary N) is 1. The Bertz CT molecular complexity index is 500. The van der Waals surface area contributed by atoms with E-state index in [0.717, 1.165) is 24.5 Å². The number of benzene rings is 1. The van der Waals surface area contributed by atoms with Crippen molar-refractivity contribution >= 4 is 21.6 Å². The highest BCUT2D eigenvalue weighted by molar-refractivity contribution is 7.18. The lowest BCUT2D eigenvalue weighted by atomic mass is 10.2. The second-order valence-corrected chi connectivity index (χ2v) is 5.67. The summed E-state index contributed by atoms with van der Waals surface area (Å²) in [5.41, 5.74) is 2.47. The average Bonchev–Trinajstić information content (AvgIpc) is 2.98. The quantitative estimate of drug-likeness (QED) is 0.876. The SMILES string of the molecule is Cc1ccc2nc(CCNC3CC3)sc2c1. The van der Waals surface area contributed by atoms with Gasteiger partial charge >= 0.3 is 0 Å². The van der Waals surface area contributed by atoms with Crippen LogP contribution >= 0.6 is 11.3 Å². The van der Waals surface area contributed by atoms with E-state index in [1.54, 1.807) is 0 Å². The Hall–Kier alpha value is -0.930. The van der Waals surface area contributed by atoms with Crippen molar-refractivity contribution in [3.63, 3.8) is 0 Å². The molecule has 0 spiro atoms. The van der Waals surface area contributed by atoms with E-state index in [9.17, 15) is 0 Å². The van der Waals surface area contributed by atoms with Crippen LogP contribution in [0.15, 0.2) is 18.2 Å². The van der Waals surface area contributed by atoms with Crippen molar-refractivity contribution < 1.29 is 0 Å². The largest absolute Gasteiger partial charge is 0.314 e. The first-order chi connectivity index (χ1) is 7.81. The van der Waals surface area contributed by atoms with E-state index in [0.29, 0.717) is 0 Å². The molecule has 1 fully saturated rings. The molecule has 2 nitrogen and oxygen atoms in total. The van der Waals surface area contributed by atoms with Crippen LogP contribution in [-0.2, 0) is 6.42 Å². The number of rotatable bonds is 4. The van der Waals surface area contributed by atoms with Gasteiger partial charge in [0, 0.05) is 19.0 Å². The maximum atomic E-state index is 4.65. The van der Waals surface area contributed by atoms with Crippen LogP contribution in [0, 0.1) is 6.92 Å². The lowest BCUT2D eigenvalue weighted by molar-refractivity contribution is 0.681. The maximum Gasteiger partial charge on any atom is 0.0951 e. The fraction of sp³-hybridized carbons (Fsp3) is 0.462. The predicted molar refractivity (Wildman–Crippen MR) is 69.1 cm³/mol. The van der Waals surface area contributed by atoms with Crippen LogP contribution in [0.25, 0.3) is 10.2 Å². The molecule has 1 aromatic heterocycles. The first-order valence-electron chi connectivity index (χ1n) is 5.91. The molecule has 3 heteroatoms. The molecule has 1 saturated carbocycles. The highest BCUT2D eigenvalue weighted by atomic mass is 32.1. The molecule has 0 bridgehead atoms. The summed E-state index contributed by atoms with van der Waals surface area (Å²) in [6.45, 7) is 3.21. The van der Waals surface area contributed by atoms with Crippen LogP contribution in [0.2, 0.25) is 0 Å². The van der Waals surface area contributed by atoms with Gasteiger partial charge in [-0.1, -0.05) is 6.07 Å². The van der Waals surface area contributed by atoms with Gasteiger partial charge in [-0.2, -0.15) is 0 Å². The van der Waals surface area contributed by atoms with Crippen LogP contribution < -0.4 is 5.32 Å². The van der Waals surface area contributed by atoms with Crippen molar-refractivity contribution in [2.24, 2.45) is 0 Å². The number of aromatic nitrogens is 1. The number of nitrogens with zero attached hydrogens (tertiary/aromatic N) is 1. The summed E-state index contributed by atoms with van der Waals surface area (Å²) in [6, 6.07) is 7.29. The fourth-order valence-corrected chi connectivity index (χ4v) is 2.92. The first kappa shape index (κ1) is 10.2. The molecule has 3 rings (SSSR count). The third kappa shape index (κ3) is 2.25. The van der Waals surface area contributed by atoms with E-state index < -0.39 is 0 Å². The molecule has 0 atom stereocenters. The number of hydrogen-bond donors (Lipinski definition) is 1. The molecular formula is C13H16N2S. The minimum Gasteiger partial charge on any atom is -0.314 e. The van der Waals surface area contributed by atoms with Gasteiger partial charge in [-0.25, -0.2) is 4.98 Å². The molecule has 0 unspecified atom stereocenters. The van der Waals surface area contributed by atoms with E-state index in [1.807, 2.05) is 11.3 Å². The average molecular weight is 232 g/mol. The molecule has 1 heterocycles. The van der Waals surface area contributed by atoms with Crippen LogP contribution in [0.3, 0.4) is 0 Å². The van der Waals surface area contributed by atoms with Gasteiger partial charge in [0.2, 0.25) is 0 Å². The lowest BCUT2D eigenvalue weighted by Crippen LogP contribution is -2.19. The van der Waals surface area contributed by atoms with Gasteiger partial charge in [-0.3, -0.25) is 0 Å². The predicted octanol–water partition coefficient (Wildman–Crippen LogP) is 2.90. The highest BCUT2D eigenvalue weighted by Gasteiger charge is 2.19. The van der Waals surface area contributed by atoms with Crippen LogP contribution in [0.1, 0.15) is 23.4 Å². The van der Waals surface area contributed by atoms with Crippen LogP contribution in [-0.4, -0.2) is 17.6 Å². The molecule has 2 aromatic rings. The minimum absolute atomic E-state index is 0.802. The molecular weight excluding hydrogens is 216 g/mol. The first-order valence-corrected chi connectivity index (χ1v) is 6.72. The van der Waals surface area contributed by atoms with E-state index in [4.69, 9.17) is 0 Å². The summed E-state index contributed by atoms with van der Waals surface area (Å²) in [6.07, 6.45) is 3.78. The number of hydrogen-bond acceptors (Lipinski definition) is 3. The summed E-state index contributed by atoms with van der Waals surface area (Å²) in [4.78, 5) is 4.65. The maximum absolute atomic E-state index is 4.65. The zero-order valence-corrected chi connectivity index (χ0v) is 10.3. The van der Waals surface area contributed by atoms with Crippen molar-refractivity contribution in [2.45, 2.75) is 32.2 Å². The Morgan fingerprint density at radius 3 is 3.12 bits per heavy atom. The Balaban J connectivity index is 1.71. The third-order valence-corrected chi connectivity index (χ3v) is 4.02. The molecule has 0 radical (unpaired) electrons. The molecule has 1 N–H and O–H groups in total. The standard InChI is InChI=1S/C13H16N2S/c1-9-2-5-11-12(8-9)16-13(15-11)6-7-14-10-3-4-10/h2,5,8,10,14H,3-4,6-7H2,1H3. The summed E-state index contributed by atoms with van der Waals surface area (Å²) in [5, 5.41) is 4.79. The van der Waals surface area contributed by atoms with E-state index in [2.05, 4.69) is 35.4 Å². The zero-order valence-electron chi connectivity index (χ0n) is 9.49. The monoisotopic (exact) mass is 232 g/mol. The Kier molecular flexibility index (Phi) is 2.65. The molecule has 0 amide bonds. The van der Waals surface area contributed by atoms with Crippen molar-refractivity contribution in [3.05, 3.63) is 28.8 Å². The summed E-state index contributed by atoms with van der Waals surface area (Å²) in [5.74, 6) is 0. The van der Waals surface area contributed by atoms with E-state index in [1.165, 1.54) is 28.1 Å². The summed E-state index contributed by atoms with van der Waals surface area (Å²) in [7, 11) is 0. The Morgan fingerprint density at radius 2 is 2.31 bits per heavy atom. The lowest BCUT2D eigenvalue weighted by Gasteiger charge is -1.98. The number of fused-ring (bicyclic) bond motifs is 1. The van der Waals surface area contributed by atoms with E-state index >= 15 is 0 Å². The van der Waals surface area contributed by atoms with Crippen molar-refractivity contribution in [1.82, 2.24) is 10.3 Å². The van der Waals surface area contributed by atoms with Gasteiger partial charge in [-0.15, -0.1) is 11.3 Å². The van der Waals surface area contributed by atoms with Crippen LogP contribution in [0.4, 0.5) is 0 Å². The number of thiazole rings is 1. The smallest absolute Gasteiger partial charge is 0.0951 e. The van der Waals surface area contributed by atoms with Gasteiger partial charge in [0.1, 0.15) is 0 Å². The highest BCUT2D eigenvalue weighted by Crippen LogP contribution is 2.23. The second kappa shape index (κ2) is 4.15. The molecule has 16 heavy (non-hydrogen) atoms. The van der Waals surface area contributed by atoms with Crippen molar-refractivity contribution in [3.8, 4) is 0 Å². The van der Waals surface area contributed by atoms with Gasteiger partial charge in [0.15, 0.2) is 0 Å².